The van der Waals surface area contributed by atoms with Crippen LogP contribution in [0.3, 0.4) is 0 Å². The van der Waals surface area contributed by atoms with Crippen molar-refractivity contribution in [2.24, 2.45) is 0 Å². The third kappa shape index (κ3) is 5.11. The summed E-state index contributed by atoms with van der Waals surface area (Å²) in [6.07, 6.45) is 4.73. The number of nitrogens with one attached hydrogen (secondary N) is 1. The third-order valence-corrected chi connectivity index (χ3v) is 4.71. The van der Waals surface area contributed by atoms with Gasteiger partial charge in [-0.1, -0.05) is 12.1 Å². The number of amides is 1. The van der Waals surface area contributed by atoms with Crippen LogP contribution < -0.4 is 14.8 Å². The largest absolute Gasteiger partial charge is 0.493 e. The number of nitrogens with zero attached hydrogens (tertiary/aromatic N) is 2. The predicted molar refractivity (Wildman–Crippen MR) is 107 cm³/mol. The number of ether oxygens (including phenoxy) is 2. The number of hydrogen-bond acceptors (Lipinski definition) is 5. The van der Waals surface area contributed by atoms with Gasteiger partial charge in [-0.05, 0) is 35.7 Å². The summed E-state index contributed by atoms with van der Waals surface area (Å²) < 4.78 is 10.6. The molecular formula is C20H26ClN3O3. The number of rotatable bonds is 6. The van der Waals surface area contributed by atoms with Gasteiger partial charge in [0.25, 0.3) is 0 Å². The van der Waals surface area contributed by atoms with Crippen molar-refractivity contribution in [3.63, 3.8) is 0 Å². The Balaban J connectivity index is 0.00000261. The first-order valence-electron chi connectivity index (χ1n) is 8.84. The van der Waals surface area contributed by atoms with Gasteiger partial charge in [-0.3, -0.25) is 9.78 Å². The Morgan fingerprint density at radius 3 is 2.78 bits per heavy atom. The van der Waals surface area contributed by atoms with Crippen molar-refractivity contribution in [3.05, 3.63) is 53.9 Å². The van der Waals surface area contributed by atoms with E-state index in [9.17, 15) is 4.79 Å². The number of aromatic nitrogens is 1. The van der Waals surface area contributed by atoms with Crippen molar-refractivity contribution in [1.82, 2.24) is 15.2 Å². The van der Waals surface area contributed by atoms with Crippen molar-refractivity contribution >= 4 is 18.3 Å². The van der Waals surface area contributed by atoms with Crippen LogP contribution in [-0.2, 0) is 11.2 Å². The predicted octanol–water partition coefficient (Wildman–Crippen LogP) is 2.63. The molecule has 1 atom stereocenters. The van der Waals surface area contributed by atoms with Gasteiger partial charge >= 0.3 is 0 Å². The fraction of sp³-hybridized carbons (Fsp3) is 0.400. The molecule has 27 heavy (non-hydrogen) atoms. The molecule has 2 aromatic rings. The lowest BCUT2D eigenvalue weighted by Gasteiger charge is -2.36. The summed E-state index contributed by atoms with van der Waals surface area (Å²) >= 11 is 0. The lowest BCUT2D eigenvalue weighted by molar-refractivity contribution is -0.134. The van der Waals surface area contributed by atoms with Crippen molar-refractivity contribution in [3.8, 4) is 11.5 Å². The molecular weight excluding hydrogens is 366 g/mol. The molecule has 2 heterocycles. The number of aryl methyl sites for hydroxylation is 1. The Labute approximate surface area is 166 Å². The normalized spacial score (nSPS) is 16.4. The van der Waals surface area contributed by atoms with E-state index in [1.165, 1.54) is 0 Å². The van der Waals surface area contributed by atoms with Crippen LogP contribution in [0.2, 0.25) is 0 Å². The van der Waals surface area contributed by atoms with E-state index < -0.39 is 0 Å². The van der Waals surface area contributed by atoms with Gasteiger partial charge in [0.15, 0.2) is 11.5 Å². The number of carbonyl (C=O) groups is 1. The Morgan fingerprint density at radius 1 is 1.26 bits per heavy atom. The van der Waals surface area contributed by atoms with E-state index in [2.05, 4.69) is 10.3 Å². The number of methoxy groups -OCH3 is 2. The van der Waals surface area contributed by atoms with Crippen molar-refractivity contribution < 1.29 is 14.3 Å². The lowest BCUT2D eigenvalue weighted by Crippen LogP contribution is -2.48. The van der Waals surface area contributed by atoms with Gasteiger partial charge in [0.05, 0.1) is 20.3 Å². The second kappa shape index (κ2) is 10.1. The Morgan fingerprint density at radius 2 is 2.07 bits per heavy atom. The minimum absolute atomic E-state index is 0. The zero-order chi connectivity index (χ0) is 18.4. The summed E-state index contributed by atoms with van der Waals surface area (Å²) in [5, 5.41) is 3.37. The van der Waals surface area contributed by atoms with Gasteiger partial charge in [0, 0.05) is 38.4 Å². The monoisotopic (exact) mass is 391 g/mol. The van der Waals surface area contributed by atoms with Crippen LogP contribution >= 0.6 is 12.4 Å². The maximum absolute atomic E-state index is 12.9. The molecule has 0 aliphatic carbocycles. The molecule has 1 aliphatic heterocycles. The van der Waals surface area contributed by atoms with Gasteiger partial charge in [-0.25, -0.2) is 0 Å². The number of piperazine rings is 1. The molecule has 0 bridgehead atoms. The molecule has 0 saturated carbocycles. The van der Waals surface area contributed by atoms with E-state index in [4.69, 9.17) is 9.47 Å². The van der Waals surface area contributed by atoms with Gasteiger partial charge in [0.2, 0.25) is 5.91 Å². The van der Waals surface area contributed by atoms with Crippen molar-refractivity contribution in [2.75, 3.05) is 33.9 Å². The second-order valence-electron chi connectivity index (χ2n) is 6.28. The summed E-state index contributed by atoms with van der Waals surface area (Å²) in [7, 11) is 3.23. The first-order chi connectivity index (χ1) is 12.7. The lowest BCUT2D eigenvalue weighted by atomic mass is 10.0. The van der Waals surface area contributed by atoms with Crippen LogP contribution in [-0.4, -0.2) is 49.6 Å². The number of pyridine rings is 1. The SMILES string of the molecule is COc1ccc(CCC(=O)N2CCNCC2c2cccnc2)cc1OC.Cl. The van der Waals surface area contributed by atoms with Crippen molar-refractivity contribution in [1.29, 1.82) is 0 Å². The van der Waals surface area contributed by atoms with E-state index >= 15 is 0 Å². The fourth-order valence-electron chi connectivity index (χ4n) is 3.30. The first-order valence-corrected chi connectivity index (χ1v) is 8.84. The molecule has 0 radical (unpaired) electrons. The molecule has 1 aliphatic rings. The number of halogens is 1. The molecule has 146 valence electrons. The van der Waals surface area contributed by atoms with Crippen LogP contribution in [0.25, 0.3) is 0 Å². The molecule has 1 aromatic heterocycles. The van der Waals surface area contributed by atoms with Gasteiger partial charge in [-0.15, -0.1) is 12.4 Å². The molecule has 1 amide bonds. The Hall–Kier alpha value is -2.31. The van der Waals surface area contributed by atoms with Gasteiger partial charge in [-0.2, -0.15) is 0 Å². The molecule has 1 unspecified atom stereocenters. The summed E-state index contributed by atoms with van der Waals surface area (Å²) in [6, 6.07) is 9.76. The Kier molecular flexibility index (Phi) is 7.88. The molecule has 6 nitrogen and oxygen atoms in total. The highest BCUT2D eigenvalue weighted by Crippen LogP contribution is 2.28. The summed E-state index contributed by atoms with van der Waals surface area (Å²) in [5.74, 6) is 1.55. The Bertz CT molecular complexity index is 743. The first kappa shape index (κ1) is 21.0. The number of hydrogen-bond donors (Lipinski definition) is 1. The van der Waals surface area contributed by atoms with E-state index in [1.807, 2.05) is 41.4 Å². The zero-order valence-electron chi connectivity index (χ0n) is 15.7. The third-order valence-electron chi connectivity index (χ3n) is 4.71. The fourth-order valence-corrected chi connectivity index (χ4v) is 3.30. The molecule has 1 N–H and O–H groups in total. The van der Waals surface area contributed by atoms with E-state index in [0.717, 1.165) is 24.2 Å². The highest BCUT2D eigenvalue weighted by Gasteiger charge is 2.27. The van der Waals surface area contributed by atoms with E-state index in [1.54, 1.807) is 20.4 Å². The molecule has 1 saturated heterocycles. The average molecular weight is 392 g/mol. The highest BCUT2D eigenvalue weighted by molar-refractivity contribution is 5.85. The van der Waals surface area contributed by atoms with Crippen LogP contribution in [0.4, 0.5) is 0 Å². The molecule has 1 aromatic carbocycles. The molecule has 3 rings (SSSR count). The van der Waals surface area contributed by atoms with Crippen molar-refractivity contribution in [2.45, 2.75) is 18.9 Å². The molecule has 1 fully saturated rings. The zero-order valence-corrected chi connectivity index (χ0v) is 16.5. The van der Waals surface area contributed by atoms with Crippen LogP contribution in [0.15, 0.2) is 42.7 Å². The van der Waals surface area contributed by atoms with Crippen LogP contribution in [0.5, 0.6) is 11.5 Å². The number of benzene rings is 1. The van der Waals surface area contributed by atoms with Gasteiger partial charge in [0.1, 0.15) is 0 Å². The van der Waals surface area contributed by atoms with Crippen LogP contribution in [0.1, 0.15) is 23.6 Å². The minimum Gasteiger partial charge on any atom is -0.493 e. The van der Waals surface area contributed by atoms with Crippen LogP contribution in [0, 0.1) is 0 Å². The standard InChI is InChI=1S/C20H25N3O3.ClH/c1-25-18-7-5-15(12-19(18)26-2)6-8-20(24)23-11-10-22-14-17(23)16-4-3-9-21-13-16;/h3-5,7,9,12-13,17,22H,6,8,10-11,14H2,1-2H3;1H. The van der Waals surface area contributed by atoms with E-state index in [-0.39, 0.29) is 24.4 Å². The quantitative estimate of drug-likeness (QED) is 0.820. The van der Waals surface area contributed by atoms with Gasteiger partial charge < -0.3 is 19.7 Å². The minimum atomic E-state index is 0. The molecule has 0 spiro atoms. The number of carbonyl (C=O) groups excluding carboxylic acids is 1. The topological polar surface area (TPSA) is 63.7 Å². The maximum atomic E-state index is 12.9. The smallest absolute Gasteiger partial charge is 0.223 e. The molecule has 7 heteroatoms. The summed E-state index contributed by atoms with van der Waals surface area (Å²) in [6.45, 7) is 2.29. The average Bonchev–Trinajstić information content (AvgIpc) is 2.72. The summed E-state index contributed by atoms with van der Waals surface area (Å²) in [5.41, 5.74) is 2.13. The van der Waals surface area contributed by atoms with E-state index in [0.29, 0.717) is 30.9 Å². The highest BCUT2D eigenvalue weighted by atomic mass is 35.5. The summed E-state index contributed by atoms with van der Waals surface area (Å²) in [4.78, 5) is 19.0. The second-order valence-corrected chi connectivity index (χ2v) is 6.28. The maximum Gasteiger partial charge on any atom is 0.223 e.